The van der Waals surface area contributed by atoms with Crippen molar-refractivity contribution in [2.24, 2.45) is 11.8 Å². The van der Waals surface area contributed by atoms with Crippen LogP contribution >= 0.6 is 0 Å². The van der Waals surface area contributed by atoms with Crippen molar-refractivity contribution in [3.8, 4) is 0 Å². The van der Waals surface area contributed by atoms with Gasteiger partial charge in [0, 0.05) is 32.0 Å². The molecule has 0 N–H and O–H groups in total. The van der Waals surface area contributed by atoms with E-state index < -0.39 is 0 Å². The van der Waals surface area contributed by atoms with E-state index in [1.807, 2.05) is 4.90 Å². The number of likely N-dealkylation sites (tertiary alicyclic amines) is 2. The van der Waals surface area contributed by atoms with E-state index in [2.05, 4.69) is 9.97 Å². The first-order chi connectivity index (χ1) is 10.7. The van der Waals surface area contributed by atoms with Crippen molar-refractivity contribution in [2.75, 3.05) is 19.6 Å². The van der Waals surface area contributed by atoms with Crippen molar-refractivity contribution in [3.63, 3.8) is 0 Å². The van der Waals surface area contributed by atoms with Gasteiger partial charge in [-0.25, -0.2) is 9.97 Å². The van der Waals surface area contributed by atoms with Gasteiger partial charge in [0.2, 0.25) is 5.91 Å². The predicted octanol–water partition coefficient (Wildman–Crippen LogP) is 0.950. The zero-order valence-corrected chi connectivity index (χ0v) is 12.5. The molecular formula is C16H20N4O2. The molecule has 0 radical (unpaired) electrons. The fourth-order valence-corrected chi connectivity index (χ4v) is 3.65. The molecule has 0 spiro atoms. The van der Waals surface area contributed by atoms with Gasteiger partial charge in [0.05, 0.1) is 5.56 Å². The Morgan fingerprint density at radius 3 is 2.73 bits per heavy atom. The Morgan fingerprint density at radius 1 is 1.23 bits per heavy atom. The van der Waals surface area contributed by atoms with Gasteiger partial charge in [-0.3, -0.25) is 9.59 Å². The molecule has 6 heteroatoms. The molecule has 6 nitrogen and oxygen atoms in total. The fraction of sp³-hybridized carbons (Fsp3) is 0.625. The summed E-state index contributed by atoms with van der Waals surface area (Å²) < 4.78 is 0. The Bertz CT molecular complexity index is 587. The maximum atomic E-state index is 12.7. The molecule has 2 amide bonds. The summed E-state index contributed by atoms with van der Waals surface area (Å²) in [5.74, 6) is 1.24. The Hall–Kier alpha value is -1.98. The summed E-state index contributed by atoms with van der Waals surface area (Å²) in [4.78, 5) is 37.0. The van der Waals surface area contributed by atoms with Crippen LogP contribution in [0, 0.1) is 11.8 Å². The van der Waals surface area contributed by atoms with E-state index in [-0.39, 0.29) is 17.9 Å². The van der Waals surface area contributed by atoms with Gasteiger partial charge in [-0.2, -0.15) is 0 Å². The van der Waals surface area contributed by atoms with Gasteiger partial charge in [-0.05, 0) is 37.5 Å². The average Bonchev–Trinajstić information content (AvgIpc) is 3.37. The van der Waals surface area contributed by atoms with Gasteiger partial charge in [0.1, 0.15) is 12.4 Å². The van der Waals surface area contributed by atoms with Gasteiger partial charge >= 0.3 is 0 Å². The topological polar surface area (TPSA) is 66.4 Å². The predicted molar refractivity (Wildman–Crippen MR) is 78.9 cm³/mol. The molecule has 1 aromatic rings. The van der Waals surface area contributed by atoms with Crippen molar-refractivity contribution < 1.29 is 9.59 Å². The first-order valence-corrected chi connectivity index (χ1v) is 8.07. The lowest BCUT2D eigenvalue weighted by Crippen LogP contribution is -2.60. The van der Waals surface area contributed by atoms with Crippen LogP contribution in [0.15, 0.2) is 18.7 Å². The fourth-order valence-electron chi connectivity index (χ4n) is 3.65. The highest BCUT2D eigenvalue weighted by atomic mass is 16.2. The van der Waals surface area contributed by atoms with Crippen LogP contribution in [-0.4, -0.2) is 57.3 Å². The van der Waals surface area contributed by atoms with E-state index in [1.165, 1.54) is 31.6 Å². The zero-order valence-electron chi connectivity index (χ0n) is 12.5. The minimum Gasteiger partial charge on any atom is -0.340 e. The number of nitrogens with zero attached hydrogens (tertiary/aromatic N) is 4. The second-order valence-electron chi connectivity index (χ2n) is 6.72. The highest BCUT2D eigenvalue weighted by molar-refractivity contribution is 5.97. The Kier molecular flexibility index (Phi) is 3.32. The third-order valence-corrected chi connectivity index (χ3v) is 5.03. The highest BCUT2D eigenvalue weighted by Crippen LogP contribution is 2.35. The molecule has 2 atom stereocenters. The molecule has 116 valence electrons. The van der Waals surface area contributed by atoms with Crippen molar-refractivity contribution in [3.05, 3.63) is 24.3 Å². The minimum atomic E-state index is -0.293. The number of fused-ring (bicyclic) bond motifs is 2. The molecule has 0 aromatic carbocycles. The molecule has 2 bridgehead atoms. The first-order valence-electron chi connectivity index (χ1n) is 8.07. The molecule has 1 aromatic heterocycles. The van der Waals surface area contributed by atoms with Crippen molar-refractivity contribution >= 4 is 11.8 Å². The molecule has 1 saturated carbocycles. The Morgan fingerprint density at radius 2 is 2.00 bits per heavy atom. The van der Waals surface area contributed by atoms with Crippen LogP contribution in [-0.2, 0) is 4.79 Å². The van der Waals surface area contributed by atoms with Gasteiger partial charge in [0.25, 0.3) is 5.91 Å². The number of piperidine rings is 2. The Labute approximate surface area is 129 Å². The van der Waals surface area contributed by atoms with E-state index in [4.69, 9.17) is 0 Å². The van der Waals surface area contributed by atoms with Gasteiger partial charge < -0.3 is 9.80 Å². The summed E-state index contributed by atoms with van der Waals surface area (Å²) in [6.07, 6.45) is 8.72. The van der Waals surface area contributed by atoms with E-state index in [1.54, 1.807) is 4.90 Å². The largest absolute Gasteiger partial charge is 0.340 e. The summed E-state index contributed by atoms with van der Waals surface area (Å²) in [6.45, 7) is 2.41. The van der Waals surface area contributed by atoms with Crippen LogP contribution in [0.5, 0.6) is 0 Å². The first kappa shape index (κ1) is 13.7. The highest BCUT2D eigenvalue weighted by Gasteiger charge is 2.44. The molecule has 2 saturated heterocycles. The molecule has 4 rings (SSSR count). The summed E-state index contributed by atoms with van der Waals surface area (Å²) in [6, 6.07) is -0.293. The number of aromatic nitrogens is 2. The van der Waals surface area contributed by atoms with E-state index in [0.717, 1.165) is 25.9 Å². The molecule has 1 aliphatic carbocycles. The molecule has 3 heterocycles. The molecular weight excluding hydrogens is 280 g/mol. The van der Waals surface area contributed by atoms with Crippen LogP contribution in [0.4, 0.5) is 0 Å². The molecule has 3 fully saturated rings. The summed E-state index contributed by atoms with van der Waals surface area (Å²) >= 11 is 0. The second kappa shape index (κ2) is 5.34. The summed E-state index contributed by atoms with van der Waals surface area (Å²) in [5, 5.41) is 0. The molecule has 22 heavy (non-hydrogen) atoms. The zero-order chi connectivity index (χ0) is 15.1. The maximum absolute atomic E-state index is 12.7. The number of rotatable bonds is 3. The summed E-state index contributed by atoms with van der Waals surface area (Å²) in [5.41, 5.74) is 0.466. The van der Waals surface area contributed by atoms with Crippen LogP contribution in [0.1, 0.15) is 36.0 Å². The van der Waals surface area contributed by atoms with E-state index >= 15 is 0 Å². The smallest absolute Gasteiger partial charge is 0.257 e. The summed E-state index contributed by atoms with van der Waals surface area (Å²) in [7, 11) is 0. The van der Waals surface area contributed by atoms with Gasteiger partial charge in [0.15, 0.2) is 0 Å². The van der Waals surface area contributed by atoms with Crippen molar-refractivity contribution in [1.29, 1.82) is 0 Å². The number of carbonyl (C=O) groups excluding carboxylic acids is 2. The van der Waals surface area contributed by atoms with Crippen molar-refractivity contribution in [2.45, 2.75) is 31.7 Å². The van der Waals surface area contributed by atoms with Crippen LogP contribution in [0.2, 0.25) is 0 Å². The van der Waals surface area contributed by atoms with Gasteiger partial charge in [-0.15, -0.1) is 0 Å². The lowest BCUT2D eigenvalue weighted by molar-refractivity contribution is -0.144. The number of hydrogen-bond donors (Lipinski definition) is 0. The quantitative estimate of drug-likeness (QED) is 0.833. The maximum Gasteiger partial charge on any atom is 0.257 e. The number of hydrogen-bond acceptors (Lipinski definition) is 4. The lowest BCUT2D eigenvalue weighted by atomic mass is 9.85. The van der Waals surface area contributed by atoms with Crippen LogP contribution < -0.4 is 0 Å². The van der Waals surface area contributed by atoms with E-state index in [0.29, 0.717) is 23.9 Å². The standard InChI is InChI=1S/C16H20N4O2/c21-15(13-6-17-10-18-7-13)20-4-3-12-5-14(20)16(22)19(9-12)8-11-1-2-11/h6-7,10-12,14H,1-5,8-9H2/t12-,14+/m0/s1. The molecule has 0 unspecified atom stereocenters. The van der Waals surface area contributed by atoms with Crippen molar-refractivity contribution in [1.82, 2.24) is 19.8 Å². The normalized spacial score (nSPS) is 27.9. The van der Waals surface area contributed by atoms with E-state index in [9.17, 15) is 9.59 Å². The number of carbonyl (C=O) groups is 2. The third-order valence-electron chi connectivity index (χ3n) is 5.03. The lowest BCUT2D eigenvalue weighted by Gasteiger charge is -2.46. The SMILES string of the molecule is O=C1[C@H]2C[C@H](CCN2C(=O)c2cncnc2)CN1CC1CC1. The Balaban J connectivity index is 1.54. The average molecular weight is 300 g/mol. The number of amides is 2. The molecule has 3 aliphatic rings. The van der Waals surface area contributed by atoms with Crippen LogP contribution in [0.25, 0.3) is 0 Å². The third kappa shape index (κ3) is 2.46. The van der Waals surface area contributed by atoms with Crippen LogP contribution in [0.3, 0.4) is 0 Å². The van der Waals surface area contributed by atoms with Gasteiger partial charge in [-0.1, -0.05) is 0 Å². The minimum absolute atomic E-state index is 0.120. The monoisotopic (exact) mass is 300 g/mol. The molecule has 2 aliphatic heterocycles. The second-order valence-corrected chi connectivity index (χ2v) is 6.72.